The maximum absolute atomic E-state index is 13.3. The summed E-state index contributed by atoms with van der Waals surface area (Å²) in [6, 6.07) is 5.64. The first-order valence-electron chi connectivity index (χ1n) is 6.66. The fourth-order valence-corrected chi connectivity index (χ4v) is 2.75. The largest absolute Gasteiger partial charge is 0.354 e. The standard InChI is InChI=1S/C15H18FN3OS/c1-19(2)14(11-4-3-5-12(16)10-11)15(20)18-7-6-13-17-8-9-21-13/h3-5,8-10,14H,6-7H2,1-2H3,(H,18,20). The van der Waals surface area contributed by atoms with E-state index < -0.39 is 6.04 Å². The molecule has 2 rings (SSSR count). The van der Waals surface area contributed by atoms with E-state index in [1.54, 1.807) is 48.7 Å². The molecule has 1 aromatic carbocycles. The molecule has 0 bridgehead atoms. The molecule has 0 saturated heterocycles. The fraction of sp³-hybridized carbons (Fsp3) is 0.333. The van der Waals surface area contributed by atoms with Gasteiger partial charge in [0.05, 0.1) is 5.01 Å². The summed E-state index contributed by atoms with van der Waals surface area (Å²) >= 11 is 1.57. The van der Waals surface area contributed by atoms with Crippen LogP contribution in [0.15, 0.2) is 35.8 Å². The maximum Gasteiger partial charge on any atom is 0.241 e. The summed E-state index contributed by atoms with van der Waals surface area (Å²) in [5, 5.41) is 5.78. The monoisotopic (exact) mass is 307 g/mol. The molecular weight excluding hydrogens is 289 g/mol. The van der Waals surface area contributed by atoms with Crippen molar-refractivity contribution in [1.82, 2.24) is 15.2 Å². The van der Waals surface area contributed by atoms with Crippen molar-refractivity contribution in [3.8, 4) is 0 Å². The van der Waals surface area contributed by atoms with Crippen molar-refractivity contribution in [3.05, 3.63) is 52.2 Å². The molecule has 2 aromatic rings. The van der Waals surface area contributed by atoms with Gasteiger partial charge in [0.25, 0.3) is 0 Å². The highest BCUT2D eigenvalue weighted by Crippen LogP contribution is 2.19. The van der Waals surface area contributed by atoms with E-state index >= 15 is 0 Å². The van der Waals surface area contributed by atoms with Crippen LogP contribution in [0.5, 0.6) is 0 Å². The molecule has 112 valence electrons. The number of aromatic nitrogens is 1. The lowest BCUT2D eigenvalue weighted by Gasteiger charge is -2.23. The summed E-state index contributed by atoms with van der Waals surface area (Å²) in [7, 11) is 3.60. The van der Waals surface area contributed by atoms with E-state index in [2.05, 4.69) is 10.3 Å². The molecule has 1 unspecified atom stereocenters. The van der Waals surface area contributed by atoms with Crippen LogP contribution in [0.25, 0.3) is 0 Å². The first-order valence-corrected chi connectivity index (χ1v) is 7.54. The van der Waals surface area contributed by atoms with E-state index in [0.717, 1.165) is 5.01 Å². The molecule has 4 nitrogen and oxygen atoms in total. The van der Waals surface area contributed by atoms with Crippen LogP contribution in [0.1, 0.15) is 16.6 Å². The Kier molecular flexibility index (Phi) is 5.41. The summed E-state index contributed by atoms with van der Waals surface area (Å²) in [6.45, 7) is 0.520. The second-order valence-electron chi connectivity index (χ2n) is 4.89. The van der Waals surface area contributed by atoms with Crippen molar-refractivity contribution < 1.29 is 9.18 Å². The summed E-state index contributed by atoms with van der Waals surface area (Å²) in [5.41, 5.74) is 0.645. The van der Waals surface area contributed by atoms with Gasteiger partial charge in [0, 0.05) is 24.5 Å². The molecule has 1 amide bonds. The smallest absolute Gasteiger partial charge is 0.241 e. The van der Waals surface area contributed by atoms with Gasteiger partial charge in [-0.05, 0) is 31.8 Å². The van der Waals surface area contributed by atoms with Gasteiger partial charge in [0.15, 0.2) is 0 Å². The number of halogens is 1. The number of carbonyl (C=O) groups excluding carboxylic acids is 1. The zero-order valence-electron chi connectivity index (χ0n) is 12.0. The zero-order valence-corrected chi connectivity index (χ0v) is 12.9. The molecule has 0 fully saturated rings. The minimum Gasteiger partial charge on any atom is -0.354 e. The van der Waals surface area contributed by atoms with Crippen molar-refractivity contribution in [1.29, 1.82) is 0 Å². The average molecular weight is 307 g/mol. The Morgan fingerprint density at radius 3 is 2.90 bits per heavy atom. The van der Waals surface area contributed by atoms with Crippen molar-refractivity contribution in [2.24, 2.45) is 0 Å². The van der Waals surface area contributed by atoms with E-state index in [0.29, 0.717) is 18.5 Å². The minimum absolute atomic E-state index is 0.137. The highest BCUT2D eigenvalue weighted by molar-refractivity contribution is 7.09. The number of benzene rings is 1. The lowest BCUT2D eigenvalue weighted by molar-refractivity contribution is -0.125. The Morgan fingerprint density at radius 2 is 2.29 bits per heavy atom. The first kappa shape index (κ1) is 15.6. The SMILES string of the molecule is CN(C)C(C(=O)NCCc1nccs1)c1cccc(F)c1. The van der Waals surface area contributed by atoms with Gasteiger partial charge >= 0.3 is 0 Å². The van der Waals surface area contributed by atoms with Crippen molar-refractivity contribution in [3.63, 3.8) is 0 Å². The number of hydrogen-bond donors (Lipinski definition) is 1. The number of carbonyl (C=O) groups is 1. The van der Waals surface area contributed by atoms with Crippen molar-refractivity contribution >= 4 is 17.2 Å². The van der Waals surface area contributed by atoms with Crippen molar-refractivity contribution in [2.45, 2.75) is 12.5 Å². The van der Waals surface area contributed by atoms with E-state index in [4.69, 9.17) is 0 Å². The molecule has 0 aliphatic heterocycles. The third-order valence-corrected chi connectivity index (χ3v) is 3.89. The molecule has 1 atom stereocenters. The summed E-state index contributed by atoms with van der Waals surface area (Å²) in [6.07, 6.45) is 2.45. The molecule has 0 saturated carbocycles. The highest BCUT2D eigenvalue weighted by Gasteiger charge is 2.22. The molecule has 1 heterocycles. The molecule has 0 radical (unpaired) electrons. The number of nitrogens with one attached hydrogen (secondary N) is 1. The Bertz CT molecular complexity index is 586. The van der Waals surface area contributed by atoms with Gasteiger partial charge in [-0.2, -0.15) is 0 Å². The summed E-state index contributed by atoms with van der Waals surface area (Å²) < 4.78 is 13.3. The Hall–Kier alpha value is -1.79. The quantitative estimate of drug-likeness (QED) is 0.890. The van der Waals surface area contributed by atoms with Gasteiger partial charge in [0.1, 0.15) is 11.9 Å². The topological polar surface area (TPSA) is 45.2 Å². The van der Waals surface area contributed by atoms with Crippen LogP contribution in [-0.2, 0) is 11.2 Å². The predicted octanol–water partition coefficient (Wildman–Crippen LogP) is 2.24. The van der Waals surface area contributed by atoms with E-state index in [1.165, 1.54) is 12.1 Å². The van der Waals surface area contributed by atoms with Gasteiger partial charge in [-0.3, -0.25) is 9.69 Å². The molecule has 1 N–H and O–H groups in total. The van der Waals surface area contributed by atoms with Crippen LogP contribution in [0.3, 0.4) is 0 Å². The Balaban J connectivity index is 1.99. The van der Waals surface area contributed by atoms with Gasteiger partial charge in [-0.25, -0.2) is 9.37 Å². The summed E-state index contributed by atoms with van der Waals surface area (Å²) in [5.74, 6) is -0.475. The van der Waals surface area contributed by atoms with Crippen LogP contribution in [0, 0.1) is 5.82 Å². The molecule has 21 heavy (non-hydrogen) atoms. The Labute approximate surface area is 127 Å². The highest BCUT2D eigenvalue weighted by atomic mass is 32.1. The maximum atomic E-state index is 13.3. The van der Waals surface area contributed by atoms with Crippen LogP contribution < -0.4 is 5.32 Å². The first-order chi connectivity index (χ1) is 10.1. The number of nitrogens with zero attached hydrogens (tertiary/aromatic N) is 2. The number of likely N-dealkylation sites (N-methyl/N-ethyl adjacent to an activating group) is 1. The molecule has 0 aliphatic carbocycles. The van der Waals surface area contributed by atoms with E-state index in [9.17, 15) is 9.18 Å². The minimum atomic E-state index is -0.503. The van der Waals surface area contributed by atoms with Gasteiger partial charge in [-0.1, -0.05) is 12.1 Å². The lowest BCUT2D eigenvalue weighted by Crippen LogP contribution is -2.38. The third-order valence-electron chi connectivity index (χ3n) is 3.05. The molecule has 1 aromatic heterocycles. The third kappa shape index (κ3) is 4.34. The zero-order chi connectivity index (χ0) is 15.2. The fourth-order valence-electron chi connectivity index (χ4n) is 2.13. The second-order valence-corrected chi connectivity index (χ2v) is 5.87. The number of thiazole rings is 1. The number of amides is 1. The molecule has 0 aliphatic rings. The molecule has 0 spiro atoms. The molecular formula is C15H18FN3OS. The normalized spacial score (nSPS) is 12.4. The van der Waals surface area contributed by atoms with Crippen LogP contribution in [0.4, 0.5) is 4.39 Å². The summed E-state index contributed by atoms with van der Waals surface area (Å²) in [4.78, 5) is 18.3. The Morgan fingerprint density at radius 1 is 1.48 bits per heavy atom. The second kappa shape index (κ2) is 7.28. The van der Waals surface area contributed by atoms with Gasteiger partial charge in [-0.15, -0.1) is 11.3 Å². The average Bonchev–Trinajstić information content (AvgIpc) is 2.91. The van der Waals surface area contributed by atoms with Crippen LogP contribution in [0.2, 0.25) is 0 Å². The van der Waals surface area contributed by atoms with Gasteiger partial charge in [0.2, 0.25) is 5.91 Å². The number of rotatable bonds is 6. The van der Waals surface area contributed by atoms with Crippen molar-refractivity contribution in [2.75, 3.05) is 20.6 Å². The predicted molar refractivity (Wildman–Crippen MR) is 81.7 cm³/mol. The van der Waals surface area contributed by atoms with E-state index in [-0.39, 0.29) is 11.7 Å². The van der Waals surface area contributed by atoms with E-state index in [1.807, 2.05) is 5.38 Å². The van der Waals surface area contributed by atoms with Crippen LogP contribution >= 0.6 is 11.3 Å². The lowest BCUT2D eigenvalue weighted by atomic mass is 10.1. The van der Waals surface area contributed by atoms with Crippen LogP contribution in [-0.4, -0.2) is 36.4 Å². The number of hydrogen-bond acceptors (Lipinski definition) is 4. The van der Waals surface area contributed by atoms with Gasteiger partial charge < -0.3 is 5.32 Å². The molecule has 6 heteroatoms.